The van der Waals surface area contributed by atoms with Gasteiger partial charge in [-0.15, -0.1) is 34.0 Å². The van der Waals surface area contributed by atoms with E-state index in [4.69, 9.17) is 21.3 Å². The maximum atomic E-state index is 10.1. The molecule has 0 aliphatic carbocycles. The second kappa shape index (κ2) is 31.8. The molecule has 6 nitrogen and oxygen atoms in total. The fourth-order valence-electron chi connectivity index (χ4n) is 8.35. The van der Waals surface area contributed by atoms with E-state index in [0.29, 0.717) is 47.3 Å². The Morgan fingerprint density at radius 2 is 0.368 bits per heavy atom. The molecule has 0 atom stereocenters. The molecule has 0 heterocycles. The minimum Gasteiger partial charge on any atom is -0.850 e. The van der Waals surface area contributed by atoms with Crippen molar-refractivity contribution in [2.24, 2.45) is 0 Å². The fraction of sp³-hybridized carbons (Fsp3) is 0.471. The normalized spacial score (nSPS) is 11.4. The van der Waals surface area contributed by atoms with Gasteiger partial charge in [0.2, 0.25) is 0 Å². The largest absolute Gasteiger partial charge is 3.00 e. The molecule has 6 rings (SSSR count). The van der Waals surface area contributed by atoms with E-state index in [9.17, 15) is 10.2 Å². The van der Waals surface area contributed by atoms with Crippen molar-refractivity contribution in [3.8, 4) is 0 Å². The zero-order valence-electron chi connectivity index (χ0n) is 50.5. The molecule has 414 valence electrons. The van der Waals surface area contributed by atoms with Crippen LogP contribution in [0.15, 0.2) is 121 Å². The average molecular weight is 1110 g/mol. The van der Waals surface area contributed by atoms with Gasteiger partial charge in [-0.25, -0.2) is 0 Å². The van der Waals surface area contributed by atoms with E-state index in [1.54, 1.807) is 41.5 Å². The molecule has 0 aliphatic heterocycles. The van der Waals surface area contributed by atoms with Crippen molar-refractivity contribution in [1.82, 2.24) is 0 Å². The van der Waals surface area contributed by atoms with Crippen molar-refractivity contribution >= 4 is 45.5 Å². The molecule has 2 radical (unpaired) electrons. The van der Waals surface area contributed by atoms with Crippen molar-refractivity contribution in [2.45, 2.75) is 211 Å². The molecular formula is C68H94Fe2N4O2. The predicted octanol–water partition coefficient (Wildman–Crippen LogP) is 22.0. The fourth-order valence-corrected chi connectivity index (χ4v) is 8.35. The number of nitrogens with zero attached hydrogens (tertiary/aromatic N) is 4. The topological polar surface area (TPSA) is 103 Å². The Balaban J connectivity index is 0.000000630. The second-order valence-electron chi connectivity index (χ2n) is 24.0. The molecule has 0 bridgehead atoms. The summed E-state index contributed by atoms with van der Waals surface area (Å²) in [5.74, 6) is 3.26. The van der Waals surface area contributed by atoms with Crippen LogP contribution in [0.5, 0.6) is 0 Å². The Hall–Kier alpha value is -4.52. The summed E-state index contributed by atoms with van der Waals surface area (Å²) < 4.78 is 0. The Kier molecular flexibility index (Phi) is 29.1. The first kappa shape index (κ1) is 69.5. The van der Waals surface area contributed by atoms with Gasteiger partial charge in [0, 0.05) is 0 Å². The van der Waals surface area contributed by atoms with Gasteiger partial charge in [0.05, 0.1) is 0 Å². The third kappa shape index (κ3) is 22.1. The molecule has 8 heteroatoms. The van der Waals surface area contributed by atoms with Gasteiger partial charge < -0.3 is 31.5 Å². The third-order valence-electron chi connectivity index (χ3n) is 12.1. The van der Waals surface area contributed by atoms with E-state index < -0.39 is 11.2 Å². The molecule has 0 aliphatic rings. The van der Waals surface area contributed by atoms with E-state index in [0.717, 1.165) is 45.5 Å². The summed E-state index contributed by atoms with van der Waals surface area (Å²) in [7, 11) is 0. The van der Waals surface area contributed by atoms with E-state index in [1.165, 1.54) is 44.5 Å². The Morgan fingerprint density at radius 3 is 0.474 bits per heavy atom. The zero-order chi connectivity index (χ0) is 55.8. The number of para-hydroxylation sites is 8. The van der Waals surface area contributed by atoms with E-state index in [1.807, 2.05) is 0 Å². The monoisotopic (exact) mass is 1110 g/mol. The van der Waals surface area contributed by atoms with Gasteiger partial charge in [-0.1, -0.05) is 318 Å². The van der Waals surface area contributed by atoms with Crippen LogP contribution in [0.4, 0.5) is 45.5 Å². The zero-order valence-corrected chi connectivity index (χ0v) is 52.7. The molecule has 0 unspecified atom stereocenters. The molecule has 0 fully saturated rings. The summed E-state index contributed by atoms with van der Waals surface area (Å²) in [5, 5.41) is 41.1. The van der Waals surface area contributed by atoms with Gasteiger partial charge in [0.25, 0.3) is 0 Å². The average Bonchev–Trinajstić information content (AvgIpc) is 3.29. The van der Waals surface area contributed by atoms with Gasteiger partial charge in [0.1, 0.15) is 0 Å². The number of benzene rings is 6. The van der Waals surface area contributed by atoms with Crippen molar-refractivity contribution < 1.29 is 44.4 Å². The molecule has 0 spiro atoms. The molecule has 0 saturated heterocycles. The van der Waals surface area contributed by atoms with Crippen LogP contribution in [0.25, 0.3) is 21.3 Å². The predicted molar refractivity (Wildman–Crippen MR) is 322 cm³/mol. The quantitative estimate of drug-likeness (QED) is 0.0901. The molecule has 76 heavy (non-hydrogen) atoms. The first-order valence-electron chi connectivity index (χ1n) is 27.4. The first-order valence-corrected chi connectivity index (χ1v) is 27.4. The molecular weight excluding hydrogens is 1020 g/mol. The van der Waals surface area contributed by atoms with Gasteiger partial charge in [-0.2, -0.15) is 22.7 Å². The second-order valence-corrected chi connectivity index (χ2v) is 24.0. The summed E-state index contributed by atoms with van der Waals surface area (Å²) in [5.41, 5.74) is 16.9. The number of hydrogen-bond donors (Lipinski definition) is 0. The Labute approximate surface area is 484 Å². The van der Waals surface area contributed by atoms with Crippen LogP contribution in [0.1, 0.15) is 244 Å². The summed E-state index contributed by atoms with van der Waals surface area (Å²) in [6.45, 7) is 45.6. The molecule has 6 aromatic carbocycles. The summed E-state index contributed by atoms with van der Waals surface area (Å²) in [6.07, 6.45) is 0. The van der Waals surface area contributed by atoms with Crippen LogP contribution in [0, 0.1) is 0 Å². The van der Waals surface area contributed by atoms with Gasteiger partial charge in [-0.3, -0.25) is 0 Å². The van der Waals surface area contributed by atoms with E-state index >= 15 is 0 Å². The van der Waals surface area contributed by atoms with Crippen molar-refractivity contribution in [1.29, 1.82) is 0 Å². The van der Waals surface area contributed by atoms with Crippen LogP contribution in [-0.2, 0) is 34.1 Å². The van der Waals surface area contributed by atoms with Crippen LogP contribution >= 0.6 is 0 Å². The standard InChI is InChI=1S/2C30H38N2.2C4H9O.2Fe/c2*1-19(2)23-13-11-14-24(20(3)4)29(23)31-27-17-9-10-18-28(27)32-30-25(21(5)6)15-12-16-26(30)22(7)8;2*1-4(2,3)5;;/h2*9-22H,1-8H3;2*1-3H3;;/q2*-2;2*-1;2*+3. The van der Waals surface area contributed by atoms with Gasteiger partial charge >= 0.3 is 34.1 Å². The number of rotatable bonds is 16. The Morgan fingerprint density at radius 1 is 0.250 bits per heavy atom. The molecule has 0 N–H and O–H groups in total. The number of hydrogen-bond acceptors (Lipinski definition) is 2. The maximum absolute atomic E-state index is 10.1. The Bertz CT molecular complexity index is 2180. The summed E-state index contributed by atoms with van der Waals surface area (Å²) in [6, 6.07) is 42.9. The van der Waals surface area contributed by atoms with Crippen LogP contribution in [0.3, 0.4) is 0 Å². The van der Waals surface area contributed by atoms with Crippen molar-refractivity contribution in [3.05, 3.63) is 187 Å². The van der Waals surface area contributed by atoms with Crippen LogP contribution < -0.4 is 10.2 Å². The van der Waals surface area contributed by atoms with Crippen LogP contribution in [-0.4, -0.2) is 11.2 Å². The SMILES string of the molecule is CC(C)(C)[O-].CC(C)(C)[O-].CC(C)c1cccc(C(C)C)c1[N-]c1ccccc1[N-]c1c(C(C)C)cccc1C(C)C.CC(C)c1cccc(C(C)C)c1[N-]c1ccccc1[N-]c1c(C(C)C)cccc1C(C)C.[Fe+3].[Fe+3]. The van der Waals surface area contributed by atoms with Gasteiger partial charge in [-0.05, 0) is 47.3 Å². The molecule has 0 aromatic heterocycles. The van der Waals surface area contributed by atoms with Crippen molar-refractivity contribution in [3.63, 3.8) is 0 Å². The molecule has 0 saturated carbocycles. The minimum atomic E-state index is -0.750. The van der Waals surface area contributed by atoms with E-state index in [-0.39, 0.29) is 34.1 Å². The summed E-state index contributed by atoms with van der Waals surface area (Å²) >= 11 is 0. The van der Waals surface area contributed by atoms with Crippen LogP contribution in [0.2, 0.25) is 0 Å². The third-order valence-corrected chi connectivity index (χ3v) is 12.1. The van der Waals surface area contributed by atoms with Gasteiger partial charge in [0.15, 0.2) is 0 Å². The smallest absolute Gasteiger partial charge is 0.850 e. The minimum absolute atomic E-state index is 0. The maximum Gasteiger partial charge on any atom is 3.00 e. The first-order chi connectivity index (χ1) is 34.4. The van der Waals surface area contributed by atoms with E-state index in [2.05, 4.69) is 232 Å². The molecule has 0 amide bonds. The molecule has 6 aromatic rings. The van der Waals surface area contributed by atoms with Crippen molar-refractivity contribution in [2.75, 3.05) is 0 Å². The summed E-state index contributed by atoms with van der Waals surface area (Å²) in [4.78, 5) is 0.